The first-order valence-corrected chi connectivity index (χ1v) is 5.53. The van der Waals surface area contributed by atoms with Gasteiger partial charge in [-0.15, -0.1) is 0 Å². The van der Waals surface area contributed by atoms with Gasteiger partial charge in [0, 0.05) is 22.0 Å². The highest BCUT2D eigenvalue weighted by Crippen LogP contribution is 2.19. The minimum atomic E-state index is -0.0951. The first kappa shape index (κ1) is 11.0. The van der Waals surface area contributed by atoms with Gasteiger partial charge in [-0.05, 0) is 38.1 Å². The molecule has 0 bridgehead atoms. The van der Waals surface area contributed by atoms with Gasteiger partial charge in [-0.3, -0.25) is 4.79 Å². The van der Waals surface area contributed by atoms with Crippen molar-refractivity contribution >= 4 is 28.4 Å². The average Bonchev–Trinajstić information content (AvgIpc) is 2.59. The summed E-state index contributed by atoms with van der Waals surface area (Å²) in [6.07, 6.45) is 0. The summed E-state index contributed by atoms with van der Waals surface area (Å²) >= 11 is 5.88. The Bertz CT molecular complexity index is 531. The summed E-state index contributed by atoms with van der Waals surface area (Å²) in [6, 6.07) is 7.43. The molecule has 3 nitrogen and oxygen atoms in total. The van der Waals surface area contributed by atoms with Gasteiger partial charge in [0.1, 0.15) is 5.69 Å². The van der Waals surface area contributed by atoms with E-state index in [1.807, 2.05) is 26.0 Å². The van der Waals surface area contributed by atoms with Crippen LogP contribution < -0.4 is 5.32 Å². The van der Waals surface area contributed by atoms with Crippen molar-refractivity contribution in [1.82, 2.24) is 10.3 Å². The zero-order valence-electron chi connectivity index (χ0n) is 9.17. The molecule has 2 N–H and O–H groups in total. The second-order valence-electron chi connectivity index (χ2n) is 4.04. The van der Waals surface area contributed by atoms with Crippen molar-refractivity contribution in [2.24, 2.45) is 0 Å². The summed E-state index contributed by atoms with van der Waals surface area (Å²) < 4.78 is 0. The number of rotatable bonds is 2. The van der Waals surface area contributed by atoms with Gasteiger partial charge in [0.05, 0.1) is 0 Å². The van der Waals surface area contributed by atoms with Gasteiger partial charge in [0.25, 0.3) is 5.91 Å². The van der Waals surface area contributed by atoms with E-state index < -0.39 is 0 Å². The first-order valence-electron chi connectivity index (χ1n) is 5.15. The number of aromatic nitrogens is 1. The molecule has 0 aliphatic carbocycles. The van der Waals surface area contributed by atoms with E-state index in [4.69, 9.17) is 11.6 Å². The van der Waals surface area contributed by atoms with Crippen LogP contribution in [0, 0.1) is 0 Å². The van der Waals surface area contributed by atoms with Gasteiger partial charge >= 0.3 is 0 Å². The third kappa shape index (κ3) is 2.19. The summed E-state index contributed by atoms with van der Waals surface area (Å²) in [5, 5.41) is 4.45. The van der Waals surface area contributed by atoms with E-state index in [2.05, 4.69) is 10.3 Å². The topological polar surface area (TPSA) is 44.9 Å². The van der Waals surface area contributed by atoms with Crippen molar-refractivity contribution in [1.29, 1.82) is 0 Å². The molecule has 0 radical (unpaired) electrons. The molecule has 0 spiro atoms. The smallest absolute Gasteiger partial charge is 0.267 e. The van der Waals surface area contributed by atoms with Gasteiger partial charge in [-0.1, -0.05) is 11.6 Å². The van der Waals surface area contributed by atoms with Crippen molar-refractivity contribution < 1.29 is 4.79 Å². The monoisotopic (exact) mass is 236 g/mol. The first-order chi connectivity index (χ1) is 7.56. The van der Waals surface area contributed by atoms with Crippen LogP contribution in [0.2, 0.25) is 5.02 Å². The second kappa shape index (κ2) is 4.18. The molecule has 1 heterocycles. The highest BCUT2D eigenvalue weighted by atomic mass is 35.5. The van der Waals surface area contributed by atoms with E-state index in [-0.39, 0.29) is 11.9 Å². The number of aromatic amines is 1. The molecule has 0 saturated heterocycles. The highest BCUT2D eigenvalue weighted by molar-refractivity contribution is 6.31. The predicted octanol–water partition coefficient (Wildman–Crippen LogP) is 2.96. The zero-order chi connectivity index (χ0) is 11.7. The summed E-state index contributed by atoms with van der Waals surface area (Å²) in [5.74, 6) is -0.0951. The molecule has 2 aromatic rings. The normalized spacial score (nSPS) is 11.0. The second-order valence-corrected chi connectivity index (χ2v) is 4.48. The number of fused-ring (bicyclic) bond motifs is 1. The van der Waals surface area contributed by atoms with Crippen LogP contribution in [0.15, 0.2) is 24.3 Å². The van der Waals surface area contributed by atoms with E-state index >= 15 is 0 Å². The van der Waals surface area contributed by atoms with Crippen LogP contribution in [0.4, 0.5) is 0 Å². The van der Waals surface area contributed by atoms with Gasteiger partial charge in [0.15, 0.2) is 0 Å². The predicted molar refractivity (Wildman–Crippen MR) is 65.9 cm³/mol. The number of halogens is 1. The van der Waals surface area contributed by atoms with Crippen LogP contribution in [0.3, 0.4) is 0 Å². The van der Waals surface area contributed by atoms with E-state index in [1.54, 1.807) is 12.1 Å². The molecule has 0 saturated carbocycles. The Balaban J connectivity index is 2.36. The highest BCUT2D eigenvalue weighted by Gasteiger charge is 2.10. The third-order valence-corrected chi connectivity index (χ3v) is 2.48. The minimum Gasteiger partial charge on any atom is -0.351 e. The Morgan fingerprint density at radius 2 is 2.12 bits per heavy atom. The van der Waals surface area contributed by atoms with E-state index in [1.165, 1.54) is 0 Å². The summed E-state index contributed by atoms with van der Waals surface area (Å²) in [4.78, 5) is 14.8. The van der Waals surface area contributed by atoms with Crippen molar-refractivity contribution in [2.45, 2.75) is 19.9 Å². The van der Waals surface area contributed by atoms with Crippen molar-refractivity contribution in [3.8, 4) is 0 Å². The number of carbonyl (C=O) groups is 1. The van der Waals surface area contributed by atoms with Crippen LogP contribution in [-0.2, 0) is 0 Å². The zero-order valence-corrected chi connectivity index (χ0v) is 9.93. The Morgan fingerprint density at radius 3 is 2.81 bits per heavy atom. The number of nitrogens with one attached hydrogen (secondary N) is 2. The molecule has 1 aromatic heterocycles. The number of H-pyrrole nitrogens is 1. The molecule has 0 fully saturated rings. The maximum atomic E-state index is 11.7. The molecule has 84 valence electrons. The van der Waals surface area contributed by atoms with E-state index in [9.17, 15) is 4.79 Å². The van der Waals surface area contributed by atoms with E-state index in [0.29, 0.717) is 10.7 Å². The molecule has 0 unspecified atom stereocenters. The van der Waals surface area contributed by atoms with Crippen LogP contribution >= 0.6 is 11.6 Å². The minimum absolute atomic E-state index is 0.0951. The molecule has 0 aliphatic heterocycles. The SMILES string of the molecule is CC(C)NC(=O)c1cc2cc(Cl)ccc2[nH]1. The van der Waals surface area contributed by atoms with Crippen LogP contribution in [-0.4, -0.2) is 16.9 Å². The lowest BCUT2D eigenvalue weighted by Crippen LogP contribution is -2.30. The summed E-state index contributed by atoms with van der Waals surface area (Å²) in [5.41, 5.74) is 1.48. The largest absolute Gasteiger partial charge is 0.351 e. The Labute approximate surface area is 98.8 Å². The number of benzene rings is 1. The molecule has 0 atom stereocenters. The van der Waals surface area contributed by atoms with Gasteiger partial charge < -0.3 is 10.3 Å². The third-order valence-electron chi connectivity index (χ3n) is 2.25. The maximum Gasteiger partial charge on any atom is 0.267 e. The quantitative estimate of drug-likeness (QED) is 0.827. The van der Waals surface area contributed by atoms with Crippen molar-refractivity contribution in [3.05, 3.63) is 35.0 Å². The molecule has 1 amide bonds. The molecule has 0 aliphatic rings. The molecular weight excluding hydrogens is 224 g/mol. The Hall–Kier alpha value is -1.48. The lowest BCUT2D eigenvalue weighted by molar-refractivity contribution is 0.0939. The molecule has 2 rings (SSSR count). The number of carbonyl (C=O) groups excluding carboxylic acids is 1. The fourth-order valence-electron chi connectivity index (χ4n) is 1.57. The van der Waals surface area contributed by atoms with Gasteiger partial charge in [-0.25, -0.2) is 0 Å². The average molecular weight is 237 g/mol. The summed E-state index contributed by atoms with van der Waals surface area (Å²) in [6.45, 7) is 3.86. The van der Waals surface area contributed by atoms with Crippen molar-refractivity contribution in [2.75, 3.05) is 0 Å². The van der Waals surface area contributed by atoms with Crippen molar-refractivity contribution in [3.63, 3.8) is 0 Å². The fraction of sp³-hybridized carbons (Fsp3) is 0.250. The number of hydrogen-bond acceptors (Lipinski definition) is 1. The van der Waals surface area contributed by atoms with Crippen LogP contribution in [0.25, 0.3) is 10.9 Å². The lowest BCUT2D eigenvalue weighted by Gasteiger charge is -2.05. The summed E-state index contributed by atoms with van der Waals surface area (Å²) in [7, 11) is 0. The molecule has 1 aromatic carbocycles. The lowest BCUT2D eigenvalue weighted by atomic mass is 10.2. The van der Waals surface area contributed by atoms with Gasteiger partial charge in [0.2, 0.25) is 0 Å². The maximum absolute atomic E-state index is 11.7. The molecule has 16 heavy (non-hydrogen) atoms. The fourth-order valence-corrected chi connectivity index (χ4v) is 1.75. The standard InChI is InChI=1S/C12H13ClN2O/c1-7(2)14-12(16)11-6-8-5-9(13)3-4-10(8)15-11/h3-7,15H,1-2H3,(H,14,16). The molecule has 4 heteroatoms. The Kier molecular flexibility index (Phi) is 2.88. The van der Waals surface area contributed by atoms with E-state index in [0.717, 1.165) is 10.9 Å². The Morgan fingerprint density at radius 1 is 1.38 bits per heavy atom. The number of hydrogen-bond donors (Lipinski definition) is 2. The van der Waals surface area contributed by atoms with Gasteiger partial charge in [-0.2, -0.15) is 0 Å². The van der Waals surface area contributed by atoms with Crippen LogP contribution in [0.5, 0.6) is 0 Å². The van der Waals surface area contributed by atoms with Crippen LogP contribution in [0.1, 0.15) is 24.3 Å². The molecular formula is C12H13ClN2O. The number of amides is 1.